The Morgan fingerprint density at radius 1 is 1.14 bits per heavy atom. The fourth-order valence-corrected chi connectivity index (χ4v) is 2.10. The van der Waals surface area contributed by atoms with Gasteiger partial charge in [-0.25, -0.2) is 0 Å². The van der Waals surface area contributed by atoms with Crippen molar-refractivity contribution in [3.8, 4) is 0 Å². The lowest BCUT2D eigenvalue weighted by Gasteiger charge is -2.17. The van der Waals surface area contributed by atoms with Crippen molar-refractivity contribution in [3.63, 3.8) is 0 Å². The number of aromatic nitrogens is 2. The quantitative estimate of drug-likeness (QED) is 0.901. The average molecular weight is 309 g/mol. The van der Waals surface area contributed by atoms with Gasteiger partial charge in [0.15, 0.2) is 5.82 Å². The van der Waals surface area contributed by atoms with Crippen molar-refractivity contribution in [1.29, 1.82) is 0 Å². The molecule has 0 bridgehead atoms. The third-order valence-electron chi connectivity index (χ3n) is 3.49. The predicted molar refractivity (Wildman–Crippen MR) is 79.6 cm³/mol. The summed E-state index contributed by atoms with van der Waals surface area (Å²) in [6.45, 7) is 5.80. The highest BCUT2D eigenvalue weighted by Crippen LogP contribution is 2.30. The van der Waals surface area contributed by atoms with Crippen molar-refractivity contribution in [1.82, 2.24) is 10.2 Å². The molecule has 0 aliphatic rings. The van der Waals surface area contributed by atoms with Crippen LogP contribution in [0.15, 0.2) is 30.3 Å². The van der Waals surface area contributed by atoms with E-state index >= 15 is 0 Å². The number of alkyl halides is 3. The third kappa shape index (κ3) is 3.75. The third-order valence-corrected chi connectivity index (χ3v) is 3.49. The van der Waals surface area contributed by atoms with Gasteiger partial charge in [-0.05, 0) is 49.6 Å². The first kappa shape index (κ1) is 16.3. The zero-order chi connectivity index (χ0) is 16.3. The molecule has 0 aliphatic heterocycles. The summed E-state index contributed by atoms with van der Waals surface area (Å²) in [5, 5.41) is 11.4. The molecule has 6 heteroatoms. The van der Waals surface area contributed by atoms with Crippen LogP contribution < -0.4 is 5.32 Å². The number of rotatable bonds is 4. The second-order valence-corrected chi connectivity index (χ2v) is 5.21. The summed E-state index contributed by atoms with van der Waals surface area (Å²) in [4.78, 5) is 0. The molecule has 2 rings (SSSR count). The second-order valence-electron chi connectivity index (χ2n) is 5.21. The number of hydrogen-bond acceptors (Lipinski definition) is 3. The van der Waals surface area contributed by atoms with Gasteiger partial charge < -0.3 is 5.32 Å². The lowest BCUT2D eigenvalue weighted by Crippen LogP contribution is -2.11. The van der Waals surface area contributed by atoms with Gasteiger partial charge in [0, 0.05) is 0 Å². The topological polar surface area (TPSA) is 37.8 Å². The molecule has 0 unspecified atom stereocenters. The van der Waals surface area contributed by atoms with Gasteiger partial charge in [0.1, 0.15) is 0 Å². The van der Waals surface area contributed by atoms with Crippen molar-refractivity contribution < 1.29 is 13.2 Å². The van der Waals surface area contributed by atoms with E-state index in [0.717, 1.165) is 35.4 Å². The van der Waals surface area contributed by atoms with Crippen LogP contribution in [0.2, 0.25) is 0 Å². The SMILES string of the molecule is CCc1cc(C)c(N[C@H](C)c2ccc(C(F)(F)F)cc2)nn1. The molecule has 118 valence electrons. The maximum Gasteiger partial charge on any atom is 0.416 e. The lowest BCUT2D eigenvalue weighted by atomic mass is 10.1. The van der Waals surface area contributed by atoms with Crippen LogP contribution in [0.1, 0.15) is 42.3 Å². The molecular weight excluding hydrogens is 291 g/mol. The van der Waals surface area contributed by atoms with Crippen molar-refractivity contribution >= 4 is 5.82 Å². The molecule has 1 aromatic heterocycles. The Bertz CT molecular complexity index is 636. The van der Waals surface area contributed by atoms with Gasteiger partial charge in [-0.1, -0.05) is 19.1 Å². The highest BCUT2D eigenvalue weighted by Gasteiger charge is 2.30. The van der Waals surface area contributed by atoms with E-state index < -0.39 is 11.7 Å². The maximum atomic E-state index is 12.6. The van der Waals surface area contributed by atoms with Crippen LogP contribution in [0.5, 0.6) is 0 Å². The van der Waals surface area contributed by atoms with Gasteiger partial charge in [0.05, 0.1) is 17.3 Å². The van der Waals surface area contributed by atoms with Crippen molar-refractivity contribution in [3.05, 3.63) is 52.7 Å². The molecule has 22 heavy (non-hydrogen) atoms. The fraction of sp³-hybridized carbons (Fsp3) is 0.375. The molecule has 0 fully saturated rings. The Balaban J connectivity index is 2.13. The first-order valence-corrected chi connectivity index (χ1v) is 7.08. The number of benzene rings is 1. The van der Waals surface area contributed by atoms with Crippen molar-refractivity contribution in [2.24, 2.45) is 0 Å². The number of nitrogens with one attached hydrogen (secondary N) is 1. The minimum atomic E-state index is -4.31. The molecule has 1 heterocycles. The minimum absolute atomic E-state index is 0.164. The first-order valence-electron chi connectivity index (χ1n) is 7.08. The summed E-state index contributed by atoms with van der Waals surface area (Å²) in [5.74, 6) is 0.643. The number of aryl methyl sites for hydroxylation is 2. The lowest BCUT2D eigenvalue weighted by molar-refractivity contribution is -0.137. The summed E-state index contributed by atoms with van der Waals surface area (Å²) in [6, 6.07) is 6.92. The minimum Gasteiger partial charge on any atom is -0.362 e. The number of nitrogens with zero attached hydrogens (tertiary/aromatic N) is 2. The van der Waals surface area contributed by atoms with E-state index in [1.54, 1.807) is 0 Å². The Hall–Kier alpha value is -2.11. The summed E-state index contributed by atoms with van der Waals surface area (Å²) in [7, 11) is 0. The summed E-state index contributed by atoms with van der Waals surface area (Å²) >= 11 is 0. The van der Waals surface area contributed by atoms with Gasteiger partial charge in [0.2, 0.25) is 0 Å². The molecule has 0 spiro atoms. The second kappa shape index (κ2) is 6.34. The van der Waals surface area contributed by atoms with Crippen molar-refractivity contribution in [2.75, 3.05) is 5.32 Å². The summed E-state index contributed by atoms with van der Waals surface area (Å²) in [5.41, 5.74) is 1.98. The van der Waals surface area contributed by atoms with Crippen molar-refractivity contribution in [2.45, 2.75) is 39.4 Å². The Morgan fingerprint density at radius 2 is 1.77 bits per heavy atom. The smallest absolute Gasteiger partial charge is 0.362 e. The molecule has 0 saturated heterocycles. The predicted octanol–water partition coefficient (Wildman–Crippen LogP) is 4.54. The Kier molecular flexibility index (Phi) is 4.68. The molecule has 3 nitrogen and oxygen atoms in total. The van der Waals surface area contributed by atoms with Crippen LogP contribution in [0, 0.1) is 6.92 Å². The molecule has 1 N–H and O–H groups in total. The van der Waals surface area contributed by atoms with Gasteiger partial charge in [-0.3, -0.25) is 0 Å². The van der Waals surface area contributed by atoms with E-state index in [4.69, 9.17) is 0 Å². The van der Waals surface area contributed by atoms with E-state index in [-0.39, 0.29) is 6.04 Å². The Morgan fingerprint density at radius 3 is 2.27 bits per heavy atom. The number of anilines is 1. The van der Waals surface area contributed by atoms with E-state index in [1.807, 2.05) is 26.8 Å². The average Bonchev–Trinajstić information content (AvgIpc) is 2.48. The van der Waals surface area contributed by atoms with Gasteiger partial charge in [0.25, 0.3) is 0 Å². The van der Waals surface area contributed by atoms with E-state index in [1.165, 1.54) is 12.1 Å². The van der Waals surface area contributed by atoms with E-state index in [2.05, 4.69) is 15.5 Å². The van der Waals surface area contributed by atoms with Crippen LogP contribution in [-0.4, -0.2) is 10.2 Å². The van der Waals surface area contributed by atoms with Gasteiger partial charge in [-0.15, -0.1) is 5.10 Å². The van der Waals surface area contributed by atoms with Crippen LogP contribution in [0.4, 0.5) is 19.0 Å². The normalized spacial score (nSPS) is 13.0. The maximum absolute atomic E-state index is 12.6. The van der Waals surface area contributed by atoms with Crippen LogP contribution >= 0.6 is 0 Å². The van der Waals surface area contributed by atoms with Crippen LogP contribution in [-0.2, 0) is 12.6 Å². The molecule has 0 aliphatic carbocycles. The molecule has 1 aromatic carbocycles. The summed E-state index contributed by atoms with van der Waals surface area (Å²) < 4.78 is 37.7. The highest BCUT2D eigenvalue weighted by molar-refractivity contribution is 5.45. The molecule has 1 atom stereocenters. The molecule has 0 amide bonds. The first-order chi connectivity index (χ1) is 10.3. The van der Waals surface area contributed by atoms with E-state index in [9.17, 15) is 13.2 Å². The largest absolute Gasteiger partial charge is 0.416 e. The molecule has 0 radical (unpaired) electrons. The number of halogens is 3. The monoisotopic (exact) mass is 309 g/mol. The molecular formula is C16H18F3N3. The Labute approximate surface area is 127 Å². The number of hydrogen-bond donors (Lipinski definition) is 1. The molecule has 2 aromatic rings. The van der Waals surface area contributed by atoms with Crippen LogP contribution in [0.3, 0.4) is 0 Å². The highest BCUT2D eigenvalue weighted by atomic mass is 19.4. The zero-order valence-corrected chi connectivity index (χ0v) is 12.7. The van der Waals surface area contributed by atoms with Crippen LogP contribution in [0.25, 0.3) is 0 Å². The fourth-order valence-electron chi connectivity index (χ4n) is 2.10. The van der Waals surface area contributed by atoms with Gasteiger partial charge in [-0.2, -0.15) is 18.3 Å². The molecule has 0 saturated carbocycles. The summed E-state index contributed by atoms with van der Waals surface area (Å²) in [6.07, 6.45) is -3.50. The zero-order valence-electron chi connectivity index (χ0n) is 12.7. The van der Waals surface area contributed by atoms with E-state index in [0.29, 0.717) is 5.82 Å². The standard InChI is InChI=1S/C16H18F3N3/c1-4-14-9-10(2)15(22-21-14)20-11(3)12-5-7-13(8-6-12)16(17,18)19/h5-9,11H,4H2,1-3H3,(H,20,22)/t11-/m1/s1. The van der Waals surface area contributed by atoms with Gasteiger partial charge >= 0.3 is 6.18 Å².